The average molecular weight is 220 g/mol. The molecule has 1 N–H and O–H groups in total. The molecule has 0 atom stereocenters. The summed E-state index contributed by atoms with van der Waals surface area (Å²) in [5.41, 5.74) is -0.383. The van der Waals surface area contributed by atoms with E-state index in [2.05, 4.69) is 20.9 Å². The number of rotatable bonds is 1. The van der Waals surface area contributed by atoms with Crippen LogP contribution in [0, 0.1) is 5.82 Å². The number of aromatic nitrogens is 1. The van der Waals surface area contributed by atoms with Gasteiger partial charge in [-0.1, -0.05) is 0 Å². The van der Waals surface area contributed by atoms with Gasteiger partial charge in [0.15, 0.2) is 5.82 Å². The summed E-state index contributed by atoms with van der Waals surface area (Å²) < 4.78 is 12.7. The quantitative estimate of drug-likeness (QED) is 0.732. The summed E-state index contributed by atoms with van der Waals surface area (Å²) in [6, 6.07) is 1.10. The summed E-state index contributed by atoms with van der Waals surface area (Å²) in [6.45, 7) is 0. The minimum absolute atomic E-state index is 0.0857. The first-order chi connectivity index (χ1) is 5.13. The minimum atomic E-state index is -1.30. The Hall–Kier alpha value is -0.970. The van der Waals surface area contributed by atoms with Gasteiger partial charge in [-0.2, -0.15) is 0 Å². The highest BCUT2D eigenvalue weighted by Crippen LogP contribution is 2.14. The van der Waals surface area contributed by atoms with Crippen LogP contribution < -0.4 is 0 Å². The SMILES string of the molecule is O=C(O)c1ccnc(Br)c1F. The van der Waals surface area contributed by atoms with Gasteiger partial charge in [-0.05, 0) is 22.0 Å². The Morgan fingerprint density at radius 1 is 1.73 bits per heavy atom. The van der Waals surface area contributed by atoms with Crippen LogP contribution in [0.4, 0.5) is 4.39 Å². The molecule has 0 aromatic carbocycles. The molecule has 0 radical (unpaired) electrons. The van der Waals surface area contributed by atoms with Crippen LogP contribution in [0.5, 0.6) is 0 Å². The molecular formula is C6H3BrFNO2. The molecule has 0 amide bonds. The van der Waals surface area contributed by atoms with E-state index in [1.165, 1.54) is 6.20 Å². The van der Waals surface area contributed by atoms with Crippen LogP contribution in [0.1, 0.15) is 10.4 Å². The fraction of sp³-hybridized carbons (Fsp3) is 0. The minimum Gasteiger partial charge on any atom is -0.478 e. The molecule has 1 heterocycles. The monoisotopic (exact) mass is 219 g/mol. The first kappa shape index (κ1) is 8.13. The third-order valence-corrected chi connectivity index (χ3v) is 1.63. The summed E-state index contributed by atoms with van der Waals surface area (Å²) >= 11 is 2.76. The van der Waals surface area contributed by atoms with Gasteiger partial charge >= 0.3 is 5.97 Å². The van der Waals surface area contributed by atoms with Crippen LogP contribution in [-0.2, 0) is 0 Å². The number of carboxylic acid groups (broad SMARTS) is 1. The van der Waals surface area contributed by atoms with Crippen molar-refractivity contribution in [2.24, 2.45) is 0 Å². The lowest BCUT2D eigenvalue weighted by Gasteiger charge is -1.96. The second-order valence-electron chi connectivity index (χ2n) is 1.77. The van der Waals surface area contributed by atoms with Gasteiger partial charge in [-0.15, -0.1) is 0 Å². The van der Waals surface area contributed by atoms with Gasteiger partial charge in [0, 0.05) is 6.20 Å². The Kier molecular flexibility index (Phi) is 2.19. The lowest BCUT2D eigenvalue weighted by atomic mass is 10.3. The van der Waals surface area contributed by atoms with Crippen molar-refractivity contribution in [1.82, 2.24) is 4.98 Å². The van der Waals surface area contributed by atoms with Crippen LogP contribution >= 0.6 is 15.9 Å². The van der Waals surface area contributed by atoms with Gasteiger partial charge in [-0.25, -0.2) is 14.2 Å². The number of nitrogens with zero attached hydrogens (tertiary/aromatic N) is 1. The molecular weight excluding hydrogens is 217 g/mol. The molecule has 1 aromatic rings. The van der Waals surface area contributed by atoms with E-state index in [0.717, 1.165) is 6.07 Å². The number of hydrogen-bond acceptors (Lipinski definition) is 2. The van der Waals surface area contributed by atoms with Gasteiger partial charge in [0.1, 0.15) is 4.60 Å². The van der Waals surface area contributed by atoms with E-state index >= 15 is 0 Å². The number of halogens is 2. The third-order valence-electron chi connectivity index (χ3n) is 1.08. The Labute approximate surface area is 70.0 Å². The standard InChI is InChI=1S/C6H3BrFNO2/c7-5-4(8)3(6(10)11)1-2-9-5/h1-2H,(H,10,11). The van der Waals surface area contributed by atoms with Crippen LogP contribution in [0.3, 0.4) is 0 Å². The van der Waals surface area contributed by atoms with Gasteiger partial charge < -0.3 is 5.11 Å². The molecule has 0 saturated heterocycles. The Balaban J connectivity index is 3.27. The highest BCUT2D eigenvalue weighted by molar-refractivity contribution is 9.10. The average Bonchev–Trinajstić information content (AvgIpc) is 1.94. The van der Waals surface area contributed by atoms with E-state index in [1.54, 1.807) is 0 Å². The number of hydrogen-bond donors (Lipinski definition) is 1. The highest BCUT2D eigenvalue weighted by Gasteiger charge is 2.12. The zero-order valence-electron chi connectivity index (χ0n) is 5.21. The highest BCUT2D eigenvalue weighted by atomic mass is 79.9. The second kappa shape index (κ2) is 2.96. The number of carboxylic acids is 1. The van der Waals surface area contributed by atoms with E-state index < -0.39 is 11.8 Å². The van der Waals surface area contributed by atoms with Gasteiger partial charge in [0.2, 0.25) is 0 Å². The van der Waals surface area contributed by atoms with E-state index in [9.17, 15) is 9.18 Å². The normalized spacial score (nSPS) is 9.64. The topological polar surface area (TPSA) is 50.2 Å². The summed E-state index contributed by atoms with van der Waals surface area (Å²) in [6.07, 6.45) is 1.22. The van der Waals surface area contributed by atoms with Crippen molar-refractivity contribution in [1.29, 1.82) is 0 Å². The summed E-state index contributed by atoms with van der Waals surface area (Å²) in [7, 11) is 0. The second-order valence-corrected chi connectivity index (χ2v) is 2.52. The smallest absolute Gasteiger partial charge is 0.338 e. The molecule has 0 bridgehead atoms. The fourth-order valence-corrected chi connectivity index (χ4v) is 0.915. The van der Waals surface area contributed by atoms with Crippen molar-refractivity contribution in [3.8, 4) is 0 Å². The molecule has 0 aliphatic carbocycles. The zero-order valence-corrected chi connectivity index (χ0v) is 6.80. The predicted molar refractivity (Wildman–Crippen MR) is 38.9 cm³/mol. The van der Waals surface area contributed by atoms with E-state index in [1.807, 2.05) is 0 Å². The van der Waals surface area contributed by atoms with Gasteiger partial charge in [-0.3, -0.25) is 0 Å². The van der Waals surface area contributed by atoms with E-state index in [0.29, 0.717) is 0 Å². The van der Waals surface area contributed by atoms with Crippen molar-refractivity contribution >= 4 is 21.9 Å². The molecule has 1 aromatic heterocycles. The van der Waals surface area contributed by atoms with Crippen LogP contribution in [-0.4, -0.2) is 16.1 Å². The molecule has 0 aliphatic rings. The first-order valence-corrected chi connectivity index (χ1v) is 3.45. The molecule has 0 fully saturated rings. The molecule has 1 rings (SSSR count). The van der Waals surface area contributed by atoms with E-state index in [-0.39, 0.29) is 10.2 Å². The van der Waals surface area contributed by atoms with Crippen LogP contribution in [0.25, 0.3) is 0 Å². The van der Waals surface area contributed by atoms with Gasteiger partial charge in [0.05, 0.1) is 5.56 Å². The largest absolute Gasteiger partial charge is 0.478 e. The predicted octanol–water partition coefficient (Wildman–Crippen LogP) is 1.68. The maximum atomic E-state index is 12.8. The van der Waals surface area contributed by atoms with Gasteiger partial charge in [0.25, 0.3) is 0 Å². The molecule has 0 spiro atoms. The van der Waals surface area contributed by atoms with Crippen molar-refractivity contribution in [3.05, 3.63) is 28.2 Å². The Bertz CT molecular complexity index is 303. The maximum absolute atomic E-state index is 12.8. The lowest BCUT2D eigenvalue weighted by molar-refractivity contribution is 0.0691. The van der Waals surface area contributed by atoms with E-state index in [4.69, 9.17) is 5.11 Å². The molecule has 0 unspecified atom stereocenters. The van der Waals surface area contributed by atoms with Crippen molar-refractivity contribution < 1.29 is 14.3 Å². The fourth-order valence-electron chi connectivity index (χ4n) is 0.583. The molecule has 11 heavy (non-hydrogen) atoms. The molecule has 0 aliphatic heterocycles. The summed E-state index contributed by atoms with van der Waals surface area (Å²) in [4.78, 5) is 13.8. The Morgan fingerprint density at radius 3 is 2.82 bits per heavy atom. The lowest BCUT2D eigenvalue weighted by Crippen LogP contribution is -2.01. The first-order valence-electron chi connectivity index (χ1n) is 2.66. The number of pyridine rings is 1. The molecule has 3 nitrogen and oxygen atoms in total. The summed E-state index contributed by atoms with van der Waals surface area (Å²) in [5, 5.41) is 8.40. The van der Waals surface area contributed by atoms with Crippen LogP contribution in [0.15, 0.2) is 16.9 Å². The zero-order chi connectivity index (χ0) is 8.43. The number of aromatic carboxylic acids is 1. The molecule has 0 saturated carbocycles. The molecule has 5 heteroatoms. The van der Waals surface area contributed by atoms with Crippen molar-refractivity contribution in [3.63, 3.8) is 0 Å². The van der Waals surface area contributed by atoms with Crippen LogP contribution in [0.2, 0.25) is 0 Å². The summed E-state index contributed by atoms with van der Waals surface area (Å²) in [5.74, 6) is -2.15. The Morgan fingerprint density at radius 2 is 2.36 bits per heavy atom. The number of carbonyl (C=O) groups is 1. The van der Waals surface area contributed by atoms with Crippen molar-refractivity contribution in [2.45, 2.75) is 0 Å². The maximum Gasteiger partial charge on any atom is 0.338 e. The third kappa shape index (κ3) is 1.54. The molecule has 58 valence electrons. The van der Waals surface area contributed by atoms with Crippen molar-refractivity contribution in [2.75, 3.05) is 0 Å².